The van der Waals surface area contributed by atoms with Crippen LogP contribution in [0.5, 0.6) is 11.5 Å². The van der Waals surface area contributed by atoms with Gasteiger partial charge in [0.15, 0.2) is 0 Å². The molecule has 0 spiro atoms. The summed E-state index contributed by atoms with van der Waals surface area (Å²) in [5.41, 5.74) is 4.17. The van der Waals surface area contributed by atoms with E-state index in [0.29, 0.717) is 0 Å². The lowest BCUT2D eigenvalue weighted by Crippen LogP contribution is -2.05. The van der Waals surface area contributed by atoms with Gasteiger partial charge in [-0.25, -0.2) is 0 Å². The fraction of sp³-hybridized carbons (Fsp3) is 0.300. The number of hydrogen-bond acceptors (Lipinski definition) is 6. The molecule has 2 aromatic rings. The van der Waals surface area contributed by atoms with Gasteiger partial charge in [-0.1, -0.05) is 38.1 Å². The molecule has 0 saturated heterocycles. The van der Waals surface area contributed by atoms with Crippen molar-refractivity contribution in [1.29, 1.82) is 0 Å². The Kier molecular flexibility index (Phi) is 6.90. The lowest BCUT2D eigenvalue weighted by Gasteiger charge is -2.15. The van der Waals surface area contributed by atoms with Gasteiger partial charge in [0, 0.05) is 0 Å². The highest BCUT2D eigenvalue weighted by Crippen LogP contribution is 2.33. The van der Waals surface area contributed by atoms with Gasteiger partial charge in [0.25, 0.3) is 0 Å². The molecule has 6 nitrogen and oxygen atoms in total. The van der Waals surface area contributed by atoms with Gasteiger partial charge in [-0.05, 0) is 59.4 Å². The molecule has 2 rings (SSSR count). The van der Waals surface area contributed by atoms with Crippen LogP contribution in [0.1, 0.15) is 37.8 Å². The van der Waals surface area contributed by atoms with Gasteiger partial charge in [0.05, 0.1) is 12.5 Å². The highest BCUT2D eigenvalue weighted by Gasteiger charge is 2.11. The number of rotatable bonds is 8. The summed E-state index contributed by atoms with van der Waals surface area (Å²) in [5.74, 6) is 0.532. The second-order valence-corrected chi connectivity index (χ2v) is 9.44. The highest BCUT2D eigenvalue weighted by molar-refractivity contribution is 7.86. The minimum Gasteiger partial charge on any atom is -0.383 e. The Morgan fingerprint density at radius 1 is 0.643 bits per heavy atom. The molecule has 0 fully saturated rings. The molecule has 0 saturated carbocycles. The molecular formula is C20H24O6S2. The monoisotopic (exact) mass is 424 g/mol. The van der Waals surface area contributed by atoms with E-state index < -0.39 is 20.2 Å². The summed E-state index contributed by atoms with van der Waals surface area (Å²) < 4.78 is 54.8. The molecule has 0 heterocycles. The summed E-state index contributed by atoms with van der Waals surface area (Å²) in [4.78, 5) is 0. The van der Waals surface area contributed by atoms with E-state index in [1.54, 1.807) is 24.3 Å². The second kappa shape index (κ2) is 8.79. The first-order valence-corrected chi connectivity index (χ1v) is 12.4. The van der Waals surface area contributed by atoms with Gasteiger partial charge < -0.3 is 8.37 Å². The number of allylic oxidation sites excluding steroid dienone is 2. The van der Waals surface area contributed by atoms with Crippen molar-refractivity contribution in [2.75, 3.05) is 12.5 Å². The van der Waals surface area contributed by atoms with Crippen LogP contribution in [-0.4, -0.2) is 29.3 Å². The Hall–Kier alpha value is -2.32. The molecule has 28 heavy (non-hydrogen) atoms. The predicted octanol–water partition coefficient (Wildman–Crippen LogP) is 4.09. The molecule has 8 heteroatoms. The third kappa shape index (κ3) is 6.38. The maximum absolute atomic E-state index is 11.3. The SMILES string of the molecule is CC/C(=C(\CC)c1ccc(OS(C)(=O)=O)cc1)c1ccc(OS(C)(=O)=O)cc1. The molecule has 0 atom stereocenters. The first-order chi connectivity index (χ1) is 13.0. The van der Waals surface area contributed by atoms with E-state index >= 15 is 0 Å². The molecule has 0 aliphatic heterocycles. The molecule has 0 bridgehead atoms. The van der Waals surface area contributed by atoms with Crippen molar-refractivity contribution >= 4 is 31.4 Å². The lowest BCUT2D eigenvalue weighted by atomic mass is 9.91. The van der Waals surface area contributed by atoms with E-state index in [9.17, 15) is 16.8 Å². The quantitative estimate of drug-likeness (QED) is 0.468. The van der Waals surface area contributed by atoms with E-state index in [2.05, 4.69) is 0 Å². The molecule has 0 aromatic heterocycles. The van der Waals surface area contributed by atoms with E-state index in [-0.39, 0.29) is 11.5 Å². The standard InChI is InChI=1S/C20H24O6S2/c1-5-19(15-7-11-17(12-8-15)25-27(3,21)22)20(6-2)16-9-13-18(14-10-16)26-28(4,23)24/h7-14H,5-6H2,1-4H3/b20-19-. The number of benzene rings is 2. The average Bonchev–Trinajstić information content (AvgIpc) is 2.59. The van der Waals surface area contributed by atoms with Gasteiger partial charge in [-0.15, -0.1) is 0 Å². The van der Waals surface area contributed by atoms with Crippen molar-refractivity contribution in [1.82, 2.24) is 0 Å². The number of hydrogen-bond donors (Lipinski definition) is 0. The zero-order valence-electron chi connectivity index (χ0n) is 16.3. The Morgan fingerprint density at radius 2 is 0.929 bits per heavy atom. The van der Waals surface area contributed by atoms with Crippen molar-refractivity contribution in [3.63, 3.8) is 0 Å². The van der Waals surface area contributed by atoms with Gasteiger partial charge >= 0.3 is 20.2 Å². The lowest BCUT2D eigenvalue weighted by molar-refractivity contribution is 0.491. The molecule has 0 unspecified atom stereocenters. The maximum Gasteiger partial charge on any atom is 0.306 e. The Morgan fingerprint density at radius 3 is 1.14 bits per heavy atom. The van der Waals surface area contributed by atoms with Crippen molar-refractivity contribution in [2.24, 2.45) is 0 Å². The van der Waals surface area contributed by atoms with Gasteiger partial charge in [-0.2, -0.15) is 16.8 Å². The average molecular weight is 425 g/mol. The summed E-state index contributed by atoms with van der Waals surface area (Å²) in [6, 6.07) is 13.8. The molecule has 0 aliphatic rings. The third-order valence-electron chi connectivity index (χ3n) is 3.97. The summed E-state index contributed by atoms with van der Waals surface area (Å²) in [6.45, 7) is 4.10. The summed E-state index contributed by atoms with van der Waals surface area (Å²) >= 11 is 0. The molecule has 0 N–H and O–H groups in total. The van der Waals surface area contributed by atoms with Crippen LogP contribution < -0.4 is 8.37 Å². The van der Waals surface area contributed by atoms with Crippen LogP contribution in [0, 0.1) is 0 Å². The molecule has 152 valence electrons. The first kappa shape index (κ1) is 22.0. The van der Waals surface area contributed by atoms with Crippen LogP contribution in [-0.2, 0) is 20.2 Å². The molecular weight excluding hydrogens is 400 g/mol. The van der Waals surface area contributed by atoms with E-state index in [4.69, 9.17) is 8.37 Å². The normalized spacial score (nSPS) is 13.0. The minimum atomic E-state index is -3.56. The highest BCUT2D eigenvalue weighted by atomic mass is 32.2. The maximum atomic E-state index is 11.3. The largest absolute Gasteiger partial charge is 0.383 e. The first-order valence-electron chi connectivity index (χ1n) is 8.74. The van der Waals surface area contributed by atoms with Gasteiger partial charge in [-0.3, -0.25) is 0 Å². The van der Waals surface area contributed by atoms with Gasteiger partial charge in [0.2, 0.25) is 0 Å². The fourth-order valence-electron chi connectivity index (χ4n) is 2.96. The summed E-state index contributed by atoms with van der Waals surface area (Å²) in [6.07, 6.45) is 3.56. The van der Waals surface area contributed by atoms with Crippen LogP contribution in [0.3, 0.4) is 0 Å². The summed E-state index contributed by atoms with van der Waals surface area (Å²) in [5, 5.41) is 0. The fourth-order valence-corrected chi connectivity index (χ4v) is 3.88. The third-order valence-corrected chi connectivity index (χ3v) is 4.96. The van der Waals surface area contributed by atoms with Crippen LogP contribution >= 0.6 is 0 Å². The van der Waals surface area contributed by atoms with Crippen molar-refractivity contribution in [2.45, 2.75) is 26.7 Å². The molecule has 0 amide bonds. The van der Waals surface area contributed by atoms with E-state index in [0.717, 1.165) is 47.6 Å². The van der Waals surface area contributed by atoms with Crippen LogP contribution in [0.25, 0.3) is 11.1 Å². The molecule has 2 aromatic carbocycles. The topological polar surface area (TPSA) is 86.7 Å². The Bertz CT molecular complexity index is 961. The van der Waals surface area contributed by atoms with Crippen LogP contribution in [0.15, 0.2) is 48.5 Å². The predicted molar refractivity (Wildman–Crippen MR) is 111 cm³/mol. The van der Waals surface area contributed by atoms with Crippen LogP contribution in [0.4, 0.5) is 0 Å². The van der Waals surface area contributed by atoms with Crippen molar-refractivity contribution in [3.8, 4) is 11.5 Å². The zero-order valence-corrected chi connectivity index (χ0v) is 17.9. The Balaban J connectivity index is 2.39. The van der Waals surface area contributed by atoms with Crippen molar-refractivity contribution in [3.05, 3.63) is 59.7 Å². The van der Waals surface area contributed by atoms with E-state index in [1.807, 2.05) is 38.1 Å². The summed E-state index contributed by atoms with van der Waals surface area (Å²) in [7, 11) is -7.13. The van der Waals surface area contributed by atoms with Crippen LogP contribution in [0.2, 0.25) is 0 Å². The minimum absolute atomic E-state index is 0.266. The van der Waals surface area contributed by atoms with E-state index in [1.165, 1.54) is 0 Å². The smallest absolute Gasteiger partial charge is 0.306 e. The second-order valence-electron chi connectivity index (χ2n) is 6.29. The molecule has 0 radical (unpaired) electrons. The zero-order chi connectivity index (χ0) is 20.9. The Labute approximate surface area is 167 Å². The molecule has 0 aliphatic carbocycles. The van der Waals surface area contributed by atoms with Crippen molar-refractivity contribution < 1.29 is 25.2 Å². The van der Waals surface area contributed by atoms with Gasteiger partial charge in [0.1, 0.15) is 11.5 Å².